The lowest BCUT2D eigenvalue weighted by Gasteiger charge is -2.13. The molecular weight excluding hydrogens is 466 g/mol. The third-order valence-electron chi connectivity index (χ3n) is 5.15. The molecule has 3 aromatic rings. The second-order valence-electron chi connectivity index (χ2n) is 8.08. The number of hydrogen-bond donors (Lipinski definition) is 0. The second kappa shape index (κ2) is 11.0. The third-order valence-corrected chi connectivity index (χ3v) is 6.53. The van der Waals surface area contributed by atoms with Crippen LogP contribution in [0, 0.1) is 0 Å². The van der Waals surface area contributed by atoms with E-state index in [-0.39, 0.29) is 12.0 Å². The van der Waals surface area contributed by atoms with Gasteiger partial charge in [0, 0.05) is 37.6 Å². The standard InChI is InChI=1S/C26H27N3O3S2/c1-18(2)32-22-12-10-19(11-13-22)24-20(17-29(27-24)21-8-5-4-6-9-21)16-23-25(30)28(26(33)34-23)14-7-15-31-3/h4-6,8-13,16-18H,7,14-15H2,1-3H3/b23-16-. The molecule has 1 saturated heterocycles. The Balaban J connectivity index is 1.69. The van der Waals surface area contributed by atoms with Crippen molar-refractivity contribution in [2.24, 2.45) is 0 Å². The Labute approximate surface area is 209 Å². The number of benzene rings is 2. The average molecular weight is 494 g/mol. The molecule has 2 heterocycles. The predicted molar refractivity (Wildman–Crippen MR) is 141 cm³/mol. The van der Waals surface area contributed by atoms with Gasteiger partial charge in [0.1, 0.15) is 10.1 Å². The summed E-state index contributed by atoms with van der Waals surface area (Å²) in [7, 11) is 1.65. The summed E-state index contributed by atoms with van der Waals surface area (Å²) in [5.74, 6) is 0.727. The van der Waals surface area contributed by atoms with E-state index in [4.69, 9.17) is 26.8 Å². The molecule has 34 heavy (non-hydrogen) atoms. The van der Waals surface area contributed by atoms with Crippen LogP contribution in [-0.4, -0.2) is 51.3 Å². The van der Waals surface area contributed by atoms with Crippen molar-refractivity contribution in [2.45, 2.75) is 26.4 Å². The summed E-state index contributed by atoms with van der Waals surface area (Å²) in [5, 5.41) is 4.85. The first-order valence-electron chi connectivity index (χ1n) is 11.1. The third kappa shape index (κ3) is 5.58. The van der Waals surface area contributed by atoms with Gasteiger partial charge in [0.2, 0.25) is 0 Å². The first-order chi connectivity index (χ1) is 16.5. The number of carbonyl (C=O) groups excluding carboxylic acids is 1. The minimum Gasteiger partial charge on any atom is -0.491 e. The number of thioether (sulfide) groups is 1. The van der Waals surface area contributed by atoms with Crippen LogP contribution in [0.2, 0.25) is 0 Å². The fourth-order valence-corrected chi connectivity index (χ4v) is 4.89. The predicted octanol–water partition coefficient (Wildman–Crippen LogP) is 5.56. The number of rotatable bonds is 9. The van der Waals surface area contributed by atoms with Crippen LogP contribution >= 0.6 is 24.0 Å². The molecular formula is C26H27N3O3S2. The Morgan fingerprint density at radius 1 is 1.12 bits per heavy atom. The van der Waals surface area contributed by atoms with Gasteiger partial charge in [-0.15, -0.1) is 0 Å². The van der Waals surface area contributed by atoms with Gasteiger partial charge in [-0.25, -0.2) is 4.68 Å². The number of para-hydroxylation sites is 1. The lowest BCUT2D eigenvalue weighted by Crippen LogP contribution is -2.29. The second-order valence-corrected chi connectivity index (χ2v) is 9.76. The van der Waals surface area contributed by atoms with E-state index in [2.05, 4.69) is 0 Å². The van der Waals surface area contributed by atoms with Crippen LogP contribution in [0.3, 0.4) is 0 Å². The van der Waals surface area contributed by atoms with E-state index < -0.39 is 0 Å². The molecule has 0 atom stereocenters. The maximum absolute atomic E-state index is 13.1. The zero-order valence-electron chi connectivity index (χ0n) is 19.4. The molecule has 4 rings (SSSR count). The van der Waals surface area contributed by atoms with Gasteiger partial charge < -0.3 is 9.47 Å². The molecule has 0 unspecified atom stereocenters. The fraction of sp³-hybridized carbons (Fsp3) is 0.269. The van der Waals surface area contributed by atoms with E-state index in [9.17, 15) is 4.79 Å². The molecule has 6 nitrogen and oxygen atoms in total. The van der Waals surface area contributed by atoms with Gasteiger partial charge in [-0.05, 0) is 62.7 Å². The highest BCUT2D eigenvalue weighted by Gasteiger charge is 2.32. The van der Waals surface area contributed by atoms with Gasteiger partial charge in [0.05, 0.1) is 22.4 Å². The Bertz CT molecular complexity index is 1190. The highest BCUT2D eigenvalue weighted by molar-refractivity contribution is 8.26. The lowest BCUT2D eigenvalue weighted by atomic mass is 10.1. The van der Waals surface area contributed by atoms with Gasteiger partial charge in [-0.3, -0.25) is 9.69 Å². The Hall–Kier alpha value is -2.94. The monoisotopic (exact) mass is 493 g/mol. The first kappa shape index (κ1) is 24.2. The molecule has 0 N–H and O–H groups in total. The maximum Gasteiger partial charge on any atom is 0.266 e. The summed E-state index contributed by atoms with van der Waals surface area (Å²) < 4.78 is 13.3. The Morgan fingerprint density at radius 3 is 2.53 bits per heavy atom. The van der Waals surface area contributed by atoms with E-state index in [1.807, 2.05) is 85.4 Å². The summed E-state index contributed by atoms with van der Waals surface area (Å²) in [6.45, 7) is 5.13. The fourth-order valence-electron chi connectivity index (χ4n) is 3.59. The van der Waals surface area contributed by atoms with Crippen molar-refractivity contribution in [3.63, 3.8) is 0 Å². The van der Waals surface area contributed by atoms with Crippen molar-refractivity contribution >= 4 is 40.3 Å². The molecule has 0 radical (unpaired) electrons. The summed E-state index contributed by atoms with van der Waals surface area (Å²) >= 11 is 6.79. The van der Waals surface area contributed by atoms with E-state index >= 15 is 0 Å². The van der Waals surface area contributed by atoms with Crippen LogP contribution < -0.4 is 4.74 Å². The van der Waals surface area contributed by atoms with E-state index in [0.717, 1.165) is 34.7 Å². The Morgan fingerprint density at radius 2 is 1.85 bits per heavy atom. The maximum atomic E-state index is 13.1. The van der Waals surface area contributed by atoms with Gasteiger partial charge in [0.25, 0.3) is 5.91 Å². The zero-order chi connectivity index (χ0) is 24.1. The lowest BCUT2D eigenvalue weighted by molar-refractivity contribution is -0.122. The number of hydrogen-bond acceptors (Lipinski definition) is 6. The van der Waals surface area contributed by atoms with Crippen LogP contribution in [0.5, 0.6) is 5.75 Å². The van der Waals surface area contributed by atoms with Crippen molar-refractivity contribution in [1.82, 2.24) is 14.7 Å². The molecule has 0 bridgehead atoms. The molecule has 176 valence electrons. The summed E-state index contributed by atoms with van der Waals surface area (Å²) in [4.78, 5) is 15.3. The molecule has 0 saturated carbocycles. The normalized spacial score (nSPS) is 15.1. The number of amides is 1. The quantitative estimate of drug-likeness (QED) is 0.221. The van der Waals surface area contributed by atoms with E-state index in [1.54, 1.807) is 12.0 Å². The number of aromatic nitrogens is 2. The van der Waals surface area contributed by atoms with Crippen molar-refractivity contribution in [3.8, 4) is 22.7 Å². The average Bonchev–Trinajstić information content (AvgIpc) is 3.36. The highest BCUT2D eigenvalue weighted by atomic mass is 32.2. The van der Waals surface area contributed by atoms with Crippen molar-refractivity contribution in [1.29, 1.82) is 0 Å². The molecule has 1 amide bonds. The van der Waals surface area contributed by atoms with Gasteiger partial charge in [0.15, 0.2) is 0 Å². The molecule has 1 fully saturated rings. The minimum absolute atomic E-state index is 0.0785. The smallest absolute Gasteiger partial charge is 0.266 e. The molecule has 2 aromatic carbocycles. The van der Waals surface area contributed by atoms with Gasteiger partial charge in [-0.2, -0.15) is 5.10 Å². The van der Waals surface area contributed by atoms with Crippen molar-refractivity contribution < 1.29 is 14.3 Å². The molecule has 8 heteroatoms. The zero-order valence-corrected chi connectivity index (χ0v) is 21.1. The molecule has 0 spiro atoms. The van der Waals surface area contributed by atoms with Crippen molar-refractivity contribution in [2.75, 3.05) is 20.3 Å². The van der Waals surface area contributed by atoms with Crippen LogP contribution in [0.4, 0.5) is 0 Å². The number of carbonyl (C=O) groups is 1. The number of ether oxygens (including phenoxy) is 2. The Kier molecular flexibility index (Phi) is 7.82. The van der Waals surface area contributed by atoms with E-state index in [0.29, 0.717) is 22.4 Å². The summed E-state index contributed by atoms with van der Waals surface area (Å²) in [6.07, 6.45) is 4.67. The summed E-state index contributed by atoms with van der Waals surface area (Å²) in [6, 6.07) is 17.8. The molecule has 1 aromatic heterocycles. The van der Waals surface area contributed by atoms with Gasteiger partial charge >= 0.3 is 0 Å². The minimum atomic E-state index is -0.0785. The summed E-state index contributed by atoms with van der Waals surface area (Å²) in [5.41, 5.74) is 3.51. The number of methoxy groups -OCH3 is 1. The molecule has 0 aliphatic carbocycles. The van der Waals surface area contributed by atoms with Crippen LogP contribution in [0.1, 0.15) is 25.8 Å². The SMILES string of the molecule is COCCCN1C(=O)/C(=C/c2cn(-c3ccccc3)nc2-c2ccc(OC(C)C)cc2)SC1=S. The largest absolute Gasteiger partial charge is 0.491 e. The topological polar surface area (TPSA) is 56.6 Å². The van der Waals surface area contributed by atoms with Gasteiger partial charge in [-0.1, -0.05) is 42.2 Å². The van der Waals surface area contributed by atoms with Crippen LogP contribution in [0.15, 0.2) is 65.7 Å². The van der Waals surface area contributed by atoms with Crippen molar-refractivity contribution in [3.05, 3.63) is 71.3 Å². The van der Waals surface area contributed by atoms with Crippen LogP contribution in [-0.2, 0) is 9.53 Å². The number of thiocarbonyl (C=S) groups is 1. The van der Waals surface area contributed by atoms with Crippen LogP contribution in [0.25, 0.3) is 23.0 Å². The molecule has 1 aliphatic rings. The number of nitrogens with zero attached hydrogens (tertiary/aromatic N) is 3. The highest BCUT2D eigenvalue weighted by Crippen LogP contribution is 2.35. The van der Waals surface area contributed by atoms with E-state index in [1.165, 1.54) is 11.8 Å². The first-order valence-corrected chi connectivity index (χ1v) is 12.3. The molecule has 1 aliphatic heterocycles.